The SMILES string of the molecule is CCc1ccc(N)c(CC)c1. The molecule has 11 heavy (non-hydrogen) atoms. The van der Waals surface area contributed by atoms with Gasteiger partial charge < -0.3 is 5.73 Å². The maximum Gasteiger partial charge on any atom is 0.0346 e. The molecule has 0 radical (unpaired) electrons. The third-order valence-electron chi connectivity index (χ3n) is 2.00. The van der Waals surface area contributed by atoms with E-state index < -0.39 is 0 Å². The van der Waals surface area contributed by atoms with Crippen molar-refractivity contribution in [1.29, 1.82) is 0 Å². The number of rotatable bonds is 2. The van der Waals surface area contributed by atoms with Crippen LogP contribution in [-0.4, -0.2) is 0 Å². The molecule has 1 rings (SSSR count). The molecule has 1 aromatic carbocycles. The van der Waals surface area contributed by atoms with Gasteiger partial charge in [-0.1, -0.05) is 26.0 Å². The van der Waals surface area contributed by atoms with Gasteiger partial charge in [0.15, 0.2) is 0 Å². The third-order valence-corrected chi connectivity index (χ3v) is 2.00. The topological polar surface area (TPSA) is 26.0 Å². The molecule has 1 aromatic rings. The smallest absolute Gasteiger partial charge is 0.0346 e. The van der Waals surface area contributed by atoms with E-state index in [0.29, 0.717) is 0 Å². The quantitative estimate of drug-likeness (QED) is 0.642. The molecule has 0 saturated heterocycles. The van der Waals surface area contributed by atoms with Crippen molar-refractivity contribution in [3.05, 3.63) is 29.3 Å². The van der Waals surface area contributed by atoms with Crippen LogP contribution < -0.4 is 5.73 Å². The number of nitrogens with two attached hydrogens (primary N) is 1. The fourth-order valence-electron chi connectivity index (χ4n) is 1.19. The van der Waals surface area contributed by atoms with Gasteiger partial charge >= 0.3 is 0 Å². The predicted molar refractivity (Wildman–Crippen MR) is 49.6 cm³/mol. The van der Waals surface area contributed by atoms with Crippen molar-refractivity contribution >= 4 is 5.69 Å². The van der Waals surface area contributed by atoms with Crippen LogP contribution >= 0.6 is 0 Å². The Kier molecular flexibility index (Phi) is 2.53. The summed E-state index contributed by atoms with van der Waals surface area (Å²) in [6, 6.07) is 6.28. The molecule has 0 saturated carbocycles. The van der Waals surface area contributed by atoms with Gasteiger partial charge in [0.1, 0.15) is 0 Å². The minimum absolute atomic E-state index is 0.921. The van der Waals surface area contributed by atoms with Gasteiger partial charge in [-0.25, -0.2) is 0 Å². The fourth-order valence-corrected chi connectivity index (χ4v) is 1.19. The highest BCUT2D eigenvalue weighted by Gasteiger charge is 1.96. The van der Waals surface area contributed by atoms with Crippen molar-refractivity contribution in [2.24, 2.45) is 0 Å². The zero-order valence-corrected chi connectivity index (χ0v) is 7.22. The summed E-state index contributed by atoms with van der Waals surface area (Å²) in [6.07, 6.45) is 2.12. The highest BCUT2D eigenvalue weighted by atomic mass is 14.6. The summed E-state index contributed by atoms with van der Waals surface area (Å²) in [7, 11) is 0. The lowest BCUT2D eigenvalue weighted by atomic mass is 10.1. The normalized spacial score (nSPS) is 10.0. The third kappa shape index (κ3) is 1.73. The van der Waals surface area contributed by atoms with Crippen LogP contribution in [-0.2, 0) is 12.8 Å². The molecule has 0 spiro atoms. The lowest BCUT2D eigenvalue weighted by molar-refractivity contribution is 1.09. The molecule has 1 nitrogen and oxygen atoms in total. The van der Waals surface area contributed by atoms with Crippen molar-refractivity contribution < 1.29 is 0 Å². The first-order valence-electron chi connectivity index (χ1n) is 4.15. The molecular weight excluding hydrogens is 134 g/mol. The monoisotopic (exact) mass is 149 g/mol. The lowest BCUT2D eigenvalue weighted by Gasteiger charge is -2.04. The van der Waals surface area contributed by atoms with Gasteiger partial charge in [0.25, 0.3) is 0 Å². The van der Waals surface area contributed by atoms with Crippen molar-refractivity contribution in [3.63, 3.8) is 0 Å². The molecule has 1 heteroatoms. The van der Waals surface area contributed by atoms with Crippen molar-refractivity contribution in [1.82, 2.24) is 0 Å². The lowest BCUT2D eigenvalue weighted by Crippen LogP contribution is -1.93. The molecule has 0 atom stereocenters. The molecule has 0 unspecified atom stereocenters. The first-order valence-corrected chi connectivity index (χ1v) is 4.15. The minimum atomic E-state index is 0.921. The van der Waals surface area contributed by atoms with E-state index in [9.17, 15) is 0 Å². The Balaban J connectivity index is 3.02. The van der Waals surface area contributed by atoms with Gasteiger partial charge in [-0.2, -0.15) is 0 Å². The number of benzene rings is 1. The molecule has 0 aliphatic heterocycles. The fraction of sp³-hybridized carbons (Fsp3) is 0.400. The van der Waals surface area contributed by atoms with E-state index in [4.69, 9.17) is 5.73 Å². The van der Waals surface area contributed by atoms with Gasteiger partial charge in [0, 0.05) is 5.69 Å². The van der Waals surface area contributed by atoms with Crippen LogP contribution in [0.5, 0.6) is 0 Å². The van der Waals surface area contributed by atoms with E-state index in [2.05, 4.69) is 26.0 Å². The molecule has 0 bridgehead atoms. The van der Waals surface area contributed by atoms with E-state index in [1.165, 1.54) is 11.1 Å². The van der Waals surface area contributed by atoms with Crippen LogP contribution in [0.2, 0.25) is 0 Å². The first-order chi connectivity index (χ1) is 5.27. The van der Waals surface area contributed by atoms with Crippen LogP contribution in [0.1, 0.15) is 25.0 Å². The molecule has 0 heterocycles. The highest BCUT2D eigenvalue weighted by Crippen LogP contribution is 2.14. The maximum atomic E-state index is 5.75. The number of anilines is 1. The predicted octanol–water partition coefficient (Wildman–Crippen LogP) is 2.39. The first kappa shape index (κ1) is 8.12. The summed E-state index contributed by atoms with van der Waals surface area (Å²) in [6.45, 7) is 4.29. The molecule has 0 aliphatic carbocycles. The molecular formula is C10H15N. The van der Waals surface area contributed by atoms with E-state index in [-0.39, 0.29) is 0 Å². The summed E-state index contributed by atoms with van der Waals surface area (Å²) >= 11 is 0. The highest BCUT2D eigenvalue weighted by molar-refractivity contribution is 5.48. The Morgan fingerprint density at radius 2 is 1.91 bits per heavy atom. The summed E-state index contributed by atoms with van der Waals surface area (Å²) in [5.74, 6) is 0. The molecule has 2 N–H and O–H groups in total. The maximum absolute atomic E-state index is 5.75. The standard InChI is InChI=1S/C10H15N/c1-3-8-5-6-10(11)9(4-2)7-8/h5-7H,3-4,11H2,1-2H3. The minimum Gasteiger partial charge on any atom is -0.399 e. The van der Waals surface area contributed by atoms with E-state index in [1.807, 2.05) is 6.07 Å². The van der Waals surface area contributed by atoms with E-state index in [0.717, 1.165) is 18.5 Å². The Labute approximate surface area is 68.2 Å². The zero-order valence-electron chi connectivity index (χ0n) is 7.22. The number of nitrogen functional groups attached to an aromatic ring is 1. The Hall–Kier alpha value is -0.980. The van der Waals surface area contributed by atoms with Gasteiger partial charge in [0.2, 0.25) is 0 Å². The second-order valence-electron chi connectivity index (χ2n) is 2.74. The van der Waals surface area contributed by atoms with Crippen molar-refractivity contribution in [2.45, 2.75) is 26.7 Å². The molecule has 0 aromatic heterocycles. The molecule has 0 fully saturated rings. The molecule has 0 aliphatic rings. The largest absolute Gasteiger partial charge is 0.399 e. The number of hydrogen-bond acceptors (Lipinski definition) is 1. The Morgan fingerprint density at radius 3 is 2.45 bits per heavy atom. The second kappa shape index (κ2) is 3.42. The van der Waals surface area contributed by atoms with Gasteiger partial charge in [-0.05, 0) is 30.0 Å². The van der Waals surface area contributed by atoms with Crippen LogP contribution in [0.15, 0.2) is 18.2 Å². The summed E-state index contributed by atoms with van der Waals surface area (Å²) in [4.78, 5) is 0. The van der Waals surface area contributed by atoms with Crippen LogP contribution in [0.3, 0.4) is 0 Å². The van der Waals surface area contributed by atoms with Crippen molar-refractivity contribution in [3.8, 4) is 0 Å². The molecule has 60 valence electrons. The Morgan fingerprint density at radius 1 is 1.18 bits per heavy atom. The van der Waals surface area contributed by atoms with E-state index >= 15 is 0 Å². The number of hydrogen-bond donors (Lipinski definition) is 1. The van der Waals surface area contributed by atoms with Crippen LogP contribution in [0.4, 0.5) is 5.69 Å². The zero-order chi connectivity index (χ0) is 8.27. The van der Waals surface area contributed by atoms with E-state index in [1.54, 1.807) is 0 Å². The number of aryl methyl sites for hydroxylation is 2. The Bertz CT molecular complexity index is 241. The average Bonchev–Trinajstić information content (AvgIpc) is 2.05. The summed E-state index contributed by atoms with van der Waals surface area (Å²) < 4.78 is 0. The van der Waals surface area contributed by atoms with Gasteiger partial charge in [-0.3, -0.25) is 0 Å². The summed E-state index contributed by atoms with van der Waals surface area (Å²) in [5.41, 5.74) is 9.31. The van der Waals surface area contributed by atoms with Crippen molar-refractivity contribution in [2.75, 3.05) is 5.73 Å². The van der Waals surface area contributed by atoms with Gasteiger partial charge in [0.05, 0.1) is 0 Å². The molecule has 0 amide bonds. The van der Waals surface area contributed by atoms with Gasteiger partial charge in [-0.15, -0.1) is 0 Å². The van der Waals surface area contributed by atoms with Crippen LogP contribution in [0, 0.1) is 0 Å². The average molecular weight is 149 g/mol. The second-order valence-corrected chi connectivity index (χ2v) is 2.74. The van der Waals surface area contributed by atoms with Crippen LogP contribution in [0.25, 0.3) is 0 Å². The summed E-state index contributed by atoms with van der Waals surface area (Å²) in [5, 5.41) is 0.